The number of nitrogens with two attached hydrogens (primary N) is 1. The van der Waals surface area contributed by atoms with E-state index >= 15 is 0 Å². The van der Waals surface area contributed by atoms with Gasteiger partial charge in [0.1, 0.15) is 0 Å². The molecule has 0 radical (unpaired) electrons. The first-order chi connectivity index (χ1) is 18.7. The SMILES string of the molecule is Cc1ccc(C(=O)N(CCCN)CC2CCC3C(c4ccccc4)Nc4ccc(C(F)(F)F)cc4C3O2)cc1. The predicted molar refractivity (Wildman–Crippen MR) is 145 cm³/mol. The molecule has 0 aliphatic carbocycles. The number of amides is 1. The molecule has 5 nitrogen and oxygen atoms in total. The number of carbonyl (C=O) groups excluding carboxylic acids is 1. The van der Waals surface area contributed by atoms with Crippen LogP contribution in [0.1, 0.15) is 64.0 Å². The van der Waals surface area contributed by atoms with E-state index in [0.717, 1.165) is 23.6 Å². The highest BCUT2D eigenvalue weighted by Gasteiger charge is 2.44. The third-order valence-corrected chi connectivity index (χ3v) is 7.78. The number of anilines is 1. The van der Waals surface area contributed by atoms with Crippen LogP contribution in [0.2, 0.25) is 0 Å². The number of hydrogen-bond acceptors (Lipinski definition) is 4. The number of nitrogens with one attached hydrogen (secondary N) is 1. The summed E-state index contributed by atoms with van der Waals surface area (Å²) in [4.78, 5) is 15.2. The van der Waals surface area contributed by atoms with Crippen LogP contribution in [0, 0.1) is 12.8 Å². The van der Waals surface area contributed by atoms with Crippen molar-refractivity contribution in [2.24, 2.45) is 11.7 Å². The molecule has 2 heterocycles. The van der Waals surface area contributed by atoms with E-state index in [1.165, 1.54) is 12.1 Å². The molecule has 8 heteroatoms. The van der Waals surface area contributed by atoms with Gasteiger partial charge in [-0.1, -0.05) is 48.0 Å². The Morgan fingerprint density at radius 1 is 1.05 bits per heavy atom. The average Bonchev–Trinajstić information content (AvgIpc) is 2.94. The molecule has 3 N–H and O–H groups in total. The summed E-state index contributed by atoms with van der Waals surface area (Å²) in [5.74, 6) is -0.147. The summed E-state index contributed by atoms with van der Waals surface area (Å²) in [7, 11) is 0. The minimum absolute atomic E-state index is 0.0510. The van der Waals surface area contributed by atoms with Gasteiger partial charge in [0.15, 0.2) is 0 Å². The van der Waals surface area contributed by atoms with Gasteiger partial charge in [-0.2, -0.15) is 13.2 Å². The Hall–Kier alpha value is -3.36. The fraction of sp³-hybridized carbons (Fsp3) is 0.387. The van der Waals surface area contributed by atoms with Crippen LogP contribution >= 0.6 is 0 Å². The lowest BCUT2D eigenvalue weighted by molar-refractivity contribution is -0.138. The Balaban J connectivity index is 1.43. The van der Waals surface area contributed by atoms with Crippen LogP contribution in [-0.4, -0.2) is 36.5 Å². The van der Waals surface area contributed by atoms with Crippen molar-refractivity contribution in [3.8, 4) is 0 Å². The van der Waals surface area contributed by atoms with Crippen molar-refractivity contribution in [2.75, 3.05) is 25.0 Å². The molecule has 3 aromatic rings. The number of aryl methyl sites for hydroxylation is 1. The summed E-state index contributed by atoms with van der Waals surface area (Å²) in [5.41, 5.74) is 8.97. The standard InChI is InChI=1S/C31H34F3N3O2/c1-20-8-10-22(11-9-20)30(38)37(17-5-16-35)19-24-13-14-25-28(21-6-3-2-4-7-21)36-27-15-12-23(31(32,33)34)18-26(27)29(25)39-24/h2-4,6-12,15,18,24-25,28-29,36H,5,13-14,16-17,19,35H2,1H3. The minimum Gasteiger partial charge on any atom is -0.378 e. The van der Waals surface area contributed by atoms with Crippen molar-refractivity contribution in [3.05, 3.63) is 101 Å². The van der Waals surface area contributed by atoms with E-state index < -0.39 is 17.8 Å². The van der Waals surface area contributed by atoms with Crippen LogP contribution in [-0.2, 0) is 10.9 Å². The van der Waals surface area contributed by atoms with E-state index in [2.05, 4.69) is 5.32 Å². The van der Waals surface area contributed by atoms with E-state index in [1.807, 2.05) is 61.5 Å². The lowest BCUT2D eigenvalue weighted by atomic mass is 9.76. The van der Waals surface area contributed by atoms with Crippen LogP contribution in [0.25, 0.3) is 0 Å². The normalized spacial score (nSPS) is 22.4. The van der Waals surface area contributed by atoms with Crippen molar-refractivity contribution in [1.29, 1.82) is 0 Å². The van der Waals surface area contributed by atoms with E-state index in [4.69, 9.17) is 10.5 Å². The van der Waals surface area contributed by atoms with E-state index in [-0.39, 0.29) is 24.0 Å². The Bertz CT molecular complexity index is 1280. The van der Waals surface area contributed by atoms with E-state index in [9.17, 15) is 18.0 Å². The lowest BCUT2D eigenvalue weighted by Gasteiger charge is -2.46. The Kier molecular flexibility index (Phi) is 7.96. The first-order valence-electron chi connectivity index (χ1n) is 13.5. The minimum atomic E-state index is -4.45. The molecule has 0 aromatic heterocycles. The number of nitrogens with zero attached hydrogens (tertiary/aromatic N) is 1. The van der Waals surface area contributed by atoms with Gasteiger partial charge in [-0.3, -0.25) is 4.79 Å². The van der Waals surface area contributed by atoms with Crippen LogP contribution < -0.4 is 11.1 Å². The third-order valence-electron chi connectivity index (χ3n) is 7.78. The second kappa shape index (κ2) is 11.4. The topological polar surface area (TPSA) is 67.6 Å². The maximum Gasteiger partial charge on any atom is 0.416 e. The first-order valence-corrected chi connectivity index (χ1v) is 13.5. The summed E-state index contributed by atoms with van der Waals surface area (Å²) in [5, 5.41) is 3.49. The molecule has 206 valence electrons. The molecular weight excluding hydrogens is 503 g/mol. The molecule has 0 spiro atoms. The van der Waals surface area contributed by atoms with Gasteiger partial charge >= 0.3 is 6.18 Å². The molecule has 5 rings (SSSR count). The van der Waals surface area contributed by atoms with Gasteiger partial charge in [0.05, 0.1) is 23.8 Å². The van der Waals surface area contributed by atoms with Crippen molar-refractivity contribution in [2.45, 2.75) is 50.6 Å². The molecule has 4 unspecified atom stereocenters. The third kappa shape index (κ3) is 5.97. The number of hydrogen-bond donors (Lipinski definition) is 2. The first kappa shape index (κ1) is 27.2. The number of carbonyl (C=O) groups is 1. The molecule has 2 aliphatic heterocycles. The summed E-state index contributed by atoms with van der Waals surface area (Å²) in [6.45, 7) is 3.26. The van der Waals surface area contributed by atoms with Crippen LogP contribution in [0.15, 0.2) is 72.8 Å². The number of halogens is 3. The fourth-order valence-electron chi connectivity index (χ4n) is 5.74. The zero-order chi connectivity index (χ0) is 27.6. The number of alkyl halides is 3. The molecule has 0 bridgehead atoms. The van der Waals surface area contributed by atoms with Gasteiger partial charge < -0.3 is 20.7 Å². The second-order valence-electron chi connectivity index (χ2n) is 10.5. The highest BCUT2D eigenvalue weighted by molar-refractivity contribution is 5.94. The van der Waals surface area contributed by atoms with Gasteiger partial charge in [0.2, 0.25) is 0 Å². The Morgan fingerprint density at radius 3 is 2.49 bits per heavy atom. The molecule has 1 amide bonds. The molecule has 3 aromatic carbocycles. The molecule has 1 fully saturated rings. The fourth-order valence-corrected chi connectivity index (χ4v) is 5.74. The Morgan fingerprint density at radius 2 is 1.79 bits per heavy atom. The molecule has 1 saturated heterocycles. The number of ether oxygens (including phenoxy) is 1. The number of benzene rings is 3. The zero-order valence-corrected chi connectivity index (χ0v) is 22.0. The van der Waals surface area contributed by atoms with E-state index in [0.29, 0.717) is 49.3 Å². The molecular formula is C31H34F3N3O2. The smallest absolute Gasteiger partial charge is 0.378 e. The summed E-state index contributed by atoms with van der Waals surface area (Å²) in [6.07, 6.45) is -3.20. The van der Waals surface area contributed by atoms with Gasteiger partial charge in [0, 0.05) is 35.8 Å². The number of rotatable bonds is 7. The van der Waals surface area contributed by atoms with Crippen molar-refractivity contribution >= 4 is 11.6 Å². The highest BCUT2D eigenvalue weighted by Crippen LogP contribution is 2.51. The van der Waals surface area contributed by atoms with Crippen LogP contribution in [0.5, 0.6) is 0 Å². The van der Waals surface area contributed by atoms with E-state index in [1.54, 1.807) is 4.90 Å². The van der Waals surface area contributed by atoms with Crippen LogP contribution in [0.3, 0.4) is 0 Å². The van der Waals surface area contributed by atoms with Crippen molar-refractivity contribution in [1.82, 2.24) is 4.90 Å². The average molecular weight is 538 g/mol. The molecule has 0 saturated carbocycles. The van der Waals surface area contributed by atoms with Gasteiger partial charge in [0.25, 0.3) is 5.91 Å². The summed E-state index contributed by atoms with van der Waals surface area (Å²) in [6, 6.07) is 21.1. The van der Waals surface area contributed by atoms with Gasteiger partial charge in [-0.05, 0) is 68.6 Å². The maximum absolute atomic E-state index is 13.7. The Labute approximate surface area is 227 Å². The molecule has 2 aliphatic rings. The maximum atomic E-state index is 13.7. The number of fused-ring (bicyclic) bond motifs is 3. The zero-order valence-electron chi connectivity index (χ0n) is 22.0. The predicted octanol–water partition coefficient (Wildman–Crippen LogP) is 6.51. The van der Waals surface area contributed by atoms with Crippen LogP contribution in [0.4, 0.5) is 18.9 Å². The monoisotopic (exact) mass is 537 g/mol. The van der Waals surface area contributed by atoms with Crippen molar-refractivity contribution < 1.29 is 22.7 Å². The highest BCUT2D eigenvalue weighted by atomic mass is 19.4. The molecule has 39 heavy (non-hydrogen) atoms. The summed E-state index contributed by atoms with van der Waals surface area (Å²) >= 11 is 0. The summed E-state index contributed by atoms with van der Waals surface area (Å²) < 4.78 is 47.6. The quantitative estimate of drug-likeness (QED) is 0.361. The molecule has 4 atom stereocenters. The van der Waals surface area contributed by atoms with Crippen molar-refractivity contribution in [3.63, 3.8) is 0 Å². The van der Waals surface area contributed by atoms with Gasteiger partial charge in [-0.25, -0.2) is 0 Å². The largest absolute Gasteiger partial charge is 0.416 e. The lowest BCUT2D eigenvalue weighted by Crippen LogP contribution is -2.45. The van der Waals surface area contributed by atoms with Gasteiger partial charge in [-0.15, -0.1) is 0 Å². The second-order valence-corrected chi connectivity index (χ2v) is 10.5.